The summed E-state index contributed by atoms with van der Waals surface area (Å²) in [4.78, 5) is 11.8. The molecule has 17 heavy (non-hydrogen) atoms. The molecule has 0 bridgehead atoms. The van der Waals surface area contributed by atoms with Crippen LogP contribution in [0.25, 0.3) is 0 Å². The lowest BCUT2D eigenvalue weighted by atomic mass is 9.60. The zero-order valence-electron chi connectivity index (χ0n) is 10.9. The Morgan fingerprint density at radius 1 is 1.06 bits per heavy atom. The summed E-state index contributed by atoms with van der Waals surface area (Å²) >= 11 is 0. The molecular formula is C14H25BNO. The molecule has 1 unspecified atom stereocenters. The highest BCUT2D eigenvalue weighted by atomic mass is 16.1. The molecule has 1 heterocycles. The third-order valence-corrected chi connectivity index (χ3v) is 4.31. The molecule has 1 saturated carbocycles. The molecule has 1 saturated heterocycles. The van der Waals surface area contributed by atoms with Crippen molar-refractivity contribution in [1.82, 2.24) is 5.32 Å². The van der Waals surface area contributed by atoms with Crippen molar-refractivity contribution in [2.75, 3.05) is 6.54 Å². The fourth-order valence-corrected chi connectivity index (χ4v) is 3.19. The average Bonchev–Trinajstić information content (AvgIpc) is 2.39. The van der Waals surface area contributed by atoms with E-state index in [4.69, 9.17) is 0 Å². The highest BCUT2D eigenvalue weighted by molar-refractivity contribution is 6.35. The highest BCUT2D eigenvalue weighted by Crippen LogP contribution is 2.26. The van der Waals surface area contributed by atoms with E-state index in [-0.39, 0.29) is 0 Å². The lowest BCUT2D eigenvalue weighted by Crippen LogP contribution is -2.32. The summed E-state index contributed by atoms with van der Waals surface area (Å²) < 4.78 is 0. The molecule has 1 atom stereocenters. The van der Waals surface area contributed by atoms with Crippen LogP contribution in [-0.4, -0.2) is 19.7 Å². The van der Waals surface area contributed by atoms with E-state index in [1.165, 1.54) is 57.6 Å². The number of carbonyl (C=O) groups is 1. The van der Waals surface area contributed by atoms with Crippen LogP contribution in [0, 0.1) is 11.8 Å². The van der Waals surface area contributed by atoms with Crippen LogP contribution in [0.1, 0.15) is 51.4 Å². The minimum absolute atomic E-state index is 0.294. The Labute approximate surface area is 106 Å². The van der Waals surface area contributed by atoms with Crippen LogP contribution in [0.15, 0.2) is 0 Å². The maximum absolute atomic E-state index is 11.8. The minimum atomic E-state index is 0.294. The van der Waals surface area contributed by atoms with E-state index < -0.39 is 0 Å². The Morgan fingerprint density at radius 3 is 2.53 bits per heavy atom. The quantitative estimate of drug-likeness (QED) is 0.744. The molecule has 1 N–H and O–H groups in total. The smallest absolute Gasteiger partial charge is 0.220 e. The van der Waals surface area contributed by atoms with Crippen molar-refractivity contribution in [2.45, 2.75) is 64.0 Å². The topological polar surface area (TPSA) is 29.1 Å². The second kappa shape index (κ2) is 7.08. The van der Waals surface area contributed by atoms with Gasteiger partial charge in [-0.1, -0.05) is 44.7 Å². The van der Waals surface area contributed by atoms with Gasteiger partial charge in [0.25, 0.3) is 0 Å². The van der Waals surface area contributed by atoms with E-state index in [0.29, 0.717) is 17.7 Å². The molecule has 0 aromatic rings. The molecule has 2 rings (SSSR count). The first-order valence-corrected chi connectivity index (χ1v) is 7.43. The second-order valence-corrected chi connectivity index (χ2v) is 5.83. The van der Waals surface area contributed by atoms with Gasteiger partial charge in [0.05, 0.1) is 0 Å². The van der Waals surface area contributed by atoms with Crippen LogP contribution in [0.5, 0.6) is 0 Å². The summed E-state index contributed by atoms with van der Waals surface area (Å²) in [6.07, 6.45) is 12.4. The van der Waals surface area contributed by atoms with Crippen molar-refractivity contribution in [3.63, 3.8) is 0 Å². The highest BCUT2D eigenvalue weighted by Gasteiger charge is 2.18. The molecule has 2 nitrogen and oxygen atoms in total. The summed E-state index contributed by atoms with van der Waals surface area (Å²) in [5.41, 5.74) is 0. The SMILES string of the molecule is O=C(CC1CCCCC1)NCC1C[B]CCC1. The molecule has 1 amide bonds. The van der Waals surface area contributed by atoms with E-state index in [2.05, 4.69) is 12.6 Å². The average molecular weight is 234 g/mol. The third-order valence-electron chi connectivity index (χ3n) is 4.31. The Bertz CT molecular complexity index is 232. The van der Waals surface area contributed by atoms with Crippen molar-refractivity contribution in [3.05, 3.63) is 0 Å². The van der Waals surface area contributed by atoms with E-state index in [9.17, 15) is 4.79 Å². The zero-order valence-corrected chi connectivity index (χ0v) is 10.9. The van der Waals surface area contributed by atoms with Gasteiger partial charge in [-0.25, -0.2) is 0 Å². The number of rotatable bonds is 4. The van der Waals surface area contributed by atoms with E-state index in [0.717, 1.165) is 13.0 Å². The van der Waals surface area contributed by atoms with Gasteiger partial charge < -0.3 is 5.32 Å². The predicted molar refractivity (Wildman–Crippen MR) is 72.3 cm³/mol. The van der Waals surface area contributed by atoms with Gasteiger partial charge in [0, 0.05) is 13.0 Å². The number of hydrogen-bond acceptors (Lipinski definition) is 1. The number of carbonyl (C=O) groups excluding carboxylic acids is 1. The predicted octanol–water partition coefficient (Wildman–Crippen LogP) is 3.02. The van der Waals surface area contributed by atoms with Gasteiger partial charge in [-0.05, 0) is 24.7 Å². The van der Waals surface area contributed by atoms with Crippen molar-refractivity contribution < 1.29 is 4.79 Å². The Morgan fingerprint density at radius 2 is 1.82 bits per heavy atom. The van der Waals surface area contributed by atoms with Crippen molar-refractivity contribution in [3.8, 4) is 0 Å². The molecule has 0 spiro atoms. The van der Waals surface area contributed by atoms with Crippen LogP contribution in [-0.2, 0) is 4.79 Å². The van der Waals surface area contributed by atoms with Crippen molar-refractivity contribution in [2.24, 2.45) is 11.8 Å². The fourth-order valence-electron chi connectivity index (χ4n) is 3.19. The normalized spacial score (nSPS) is 26.2. The Hall–Kier alpha value is -0.465. The van der Waals surface area contributed by atoms with Crippen LogP contribution in [0.3, 0.4) is 0 Å². The van der Waals surface area contributed by atoms with E-state index in [1.807, 2.05) is 0 Å². The van der Waals surface area contributed by atoms with E-state index >= 15 is 0 Å². The molecule has 2 fully saturated rings. The number of amides is 1. The summed E-state index contributed by atoms with van der Waals surface area (Å²) in [5.74, 6) is 1.67. The van der Waals surface area contributed by atoms with Crippen LogP contribution in [0.2, 0.25) is 12.6 Å². The van der Waals surface area contributed by atoms with Gasteiger partial charge in [0.1, 0.15) is 7.28 Å². The molecular weight excluding hydrogens is 209 g/mol. The molecule has 3 heteroatoms. The first-order valence-electron chi connectivity index (χ1n) is 7.43. The minimum Gasteiger partial charge on any atom is -0.356 e. The Balaban J connectivity index is 1.59. The van der Waals surface area contributed by atoms with Gasteiger partial charge in [0.15, 0.2) is 0 Å². The van der Waals surface area contributed by atoms with Gasteiger partial charge >= 0.3 is 0 Å². The van der Waals surface area contributed by atoms with Crippen LogP contribution in [0.4, 0.5) is 0 Å². The Kier molecular flexibility index (Phi) is 5.40. The number of hydrogen-bond donors (Lipinski definition) is 1. The second-order valence-electron chi connectivity index (χ2n) is 5.83. The molecule has 0 aromatic heterocycles. The fraction of sp³-hybridized carbons (Fsp3) is 0.929. The lowest BCUT2D eigenvalue weighted by Gasteiger charge is -2.23. The van der Waals surface area contributed by atoms with Crippen LogP contribution < -0.4 is 5.32 Å². The first kappa shape index (κ1) is 13.0. The standard InChI is InChI=1S/C14H25BNO/c17-14(9-12-5-2-1-3-6-12)16-11-13-7-4-8-15-10-13/h12-13H,1-11H2,(H,16,17). The van der Waals surface area contributed by atoms with E-state index in [1.54, 1.807) is 0 Å². The lowest BCUT2D eigenvalue weighted by molar-refractivity contribution is -0.122. The summed E-state index contributed by atoms with van der Waals surface area (Å²) in [6, 6.07) is 0. The monoisotopic (exact) mass is 234 g/mol. The van der Waals surface area contributed by atoms with Gasteiger partial charge in [-0.3, -0.25) is 4.79 Å². The molecule has 2 aliphatic rings. The molecule has 0 aromatic carbocycles. The molecule has 1 radical (unpaired) electrons. The number of nitrogens with one attached hydrogen (secondary N) is 1. The van der Waals surface area contributed by atoms with Gasteiger partial charge in [-0.15, -0.1) is 0 Å². The summed E-state index contributed by atoms with van der Waals surface area (Å²) in [7, 11) is 2.38. The zero-order chi connectivity index (χ0) is 11.9. The van der Waals surface area contributed by atoms with Crippen molar-refractivity contribution >= 4 is 13.2 Å². The summed E-state index contributed by atoms with van der Waals surface area (Å²) in [5, 5.41) is 3.14. The molecule has 1 aliphatic heterocycles. The molecule has 95 valence electrons. The van der Waals surface area contributed by atoms with Gasteiger partial charge in [0.2, 0.25) is 5.91 Å². The largest absolute Gasteiger partial charge is 0.356 e. The summed E-state index contributed by atoms with van der Waals surface area (Å²) in [6.45, 7) is 0.905. The molecule has 1 aliphatic carbocycles. The maximum Gasteiger partial charge on any atom is 0.220 e. The van der Waals surface area contributed by atoms with Crippen molar-refractivity contribution in [1.29, 1.82) is 0 Å². The van der Waals surface area contributed by atoms with Gasteiger partial charge in [-0.2, -0.15) is 0 Å². The third kappa shape index (κ3) is 4.73. The first-order chi connectivity index (χ1) is 8.34. The van der Waals surface area contributed by atoms with Crippen LogP contribution >= 0.6 is 0 Å². The maximum atomic E-state index is 11.8.